The number of benzene rings is 1. The summed E-state index contributed by atoms with van der Waals surface area (Å²) in [4.78, 5) is 2.32. The fourth-order valence-corrected chi connectivity index (χ4v) is 2.27. The zero-order chi connectivity index (χ0) is 13.9. The van der Waals surface area contributed by atoms with E-state index in [-0.39, 0.29) is 0 Å². The van der Waals surface area contributed by atoms with Crippen LogP contribution in [0.5, 0.6) is 0 Å². The van der Waals surface area contributed by atoms with E-state index in [9.17, 15) is 0 Å². The molecular formula is C18H29N. The lowest BCUT2D eigenvalue weighted by Gasteiger charge is -2.21. The maximum Gasteiger partial charge on any atom is 0.0275 e. The van der Waals surface area contributed by atoms with Crippen LogP contribution in [-0.2, 0) is 0 Å². The van der Waals surface area contributed by atoms with Crippen LogP contribution >= 0.6 is 0 Å². The lowest BCUT2D eigenvalue weighted by atomic mass is 10.0. The first-order valence-electron chi connectivity index (χ1n) is 7.63. The Kier molecular flexibility index (Phi) is 8.24. The third-order valence-corrected chi connectivity index (χ3v) is 3.58. The number of hydrogen-bond donors (Lipinski definition) is 0. The topological polar surface area (TPSA) is 3.24 Å². The number of unbranched alkanes of at least 4 members (excludes halogenated alkanes) is 4. The van der Waals surface area contributed by atoms with Gasteiger partial charge in [-0.25, -0.2) is 0 Å². The molecule has 0 saturated heterocycles. The summed E-state index contributed by atoms with van der Waals surface area (Å²) in [6.07, 6.45) is 12.7. The van der Waals surface area contributed by atoms with Gasteiger partial charge in [0.2, 0.25) is 0 Å². The Morgan fingerprint density at radius 1 is 1.00 bits per heavy atom. The number of nitrogens with zero attached hydrogens (tertiary/aromatic N) is 1. The SMILES string of the molecule is CCCCCCCC(C=Cc1ccccc1)N(C)C. The van der Waals surface area contributed by atoms with Gasteiger partial charge in [0.05, 0.1) is 0 Å². The van der Waals surface area contributed by atoms with Crippen molar-refractivity contribution in [1.29, 1.82) is 0 Å². The van der Waals surface area contributed by atoms with Crippen molar-refractivity contribution in [2.24, 2.45) is 0 Å². The van der Waals surface area contributed by atoms with E-state index in [1.807, 2.05) is 0 Å². The van der Waals surface area contributed by atoms with Crippen LogP contribution in [0.1, 0.15) is 51.0 Å². The molecule has 1 nitrogen and oxygen atoms in total. The van der Waals surface area contributed by atoms with E-state index in [4.69, 9.17) is 0 Å². The highest BCUT2D eigenvalue weighted by molar-refractivity contribution is 5.49. The maximum absolute atomic E-state index is 2.34. The summed E-state index contributed by atoms with van der Waals surface area (Å²) in [5.74, 6) is 0. The zero-order valence-corrected chi connectivity index (χ0v) is 12.8. The van der Waals surface area contributed by atoms with Crippen LogP contribution in [0.3, 0.4) is 0 Å². The summed E-state index contributed by atoms with van der Waals surface area (Å²) in [6, 6.07) is 11.1. The first-order chi connectivity index (χ1) is 9.24. The van der Waals surface area contributed by atoms with Crippen molar-refractivity contribution in [2.45, 2.75) is 51.5 Å². The highest BCUT2D eigenvalue weighted by Gasteiger charge is 2.06. The fraction of sp³-hybridized carbons (Fsp3) is 0.556. The molecule has 0 bridgehead atoms. The largest absolute Gasteiger partial charge is 0.303 e. The smallest absolute Gasteiger partial charge is 0.0275 e. The van der Waals surface area contributed by atoms with Crippen molar-refractivity contribution in [1.82, 2.24) is 4.90 Å². The molecule has 0 N–H and O–H groups in total. The Morgan fingerprint density at radius 2 is 1.68 bits per heavy atom. The van der Waals surface area contributed by atoms with Gasteiger partial charge in [-0.15, -0.1) is 0 Å². The van der Waals surface area contributed by atoms with Gasteiger partial charge in [-0.2, -0.15) is 0 Å². The van der Waals surface area contributed by atoms with Crippen LogP contribution in [0.15, 0.2) is 36.4 Å². The molecule has 1 aromatic rings. The quantitative estimate of drug-likeness (QED) is 0.565. The van der Waals surface area contributed by atoms with Crippen molar-refractivity contribution in [3.8, 4) is 0 Å². The molecular weight excluding hydrogens is 230 g/mol. The molecule has 0 aromatic heterocycles. The van der Waals surface area contributed by atoms with Crippen molar-refractivity contribution < 1.29 is 0 Å². The van der Waals surface area contributed by atoms with Gasteiger partial charge in [0.25, 0.3) is 0 Å². The molecule has 0 aliphatic carbocycles. The van der Waals surface area contributed by atoms with Crippen molar-refractivity contribution in [3.05, 3.63) is 42.0 Å². The molecule has 1 atom stereocenters. The Balaban J connectivity index is 2.38. The molecule has 1 unspecified atom stereocenters. The molecule has 19 heavy (non-hydrogen) atoms. The summed E-state index contributed by atoms with van der Waals surface area (Å²) in [5, 5.41) is 0. The van der Waals surface area contributed by atoms with Crippen LogP contribution in [0.4, 0.5) is 0 Å². The monoisotopic (exact) mass is 259 g/mol. The van der Waals surface area contributed by atoms with Gasteiger partial charge in [0.1, 0.15) is 0 Å². The predicted octanol–water partition coefficient (Wildman–Crippen LogP) is 4.99. The van der Waals surface area contributed by atoms with Crippen LogP contribution in [0.2, 0.25) is 0 Å². The minimum Gasteiger partial charge on any atom is -0.303 e. The summed E-state index contributed by atoms with van der Waals surface area (Å²) in [5.41, 5.74) is 1.29. The molecule has 0 radical (unpaired) electrons. The molecule has 1 aromatic carbocycles. The molecule has 1 heteroatoms. The van der Waals surface area contributed by atoms with E-state index in [0.29, 0.717) is 6.04 Å². The highest BCUT2D eigenvalue weighted by Crippen LogP contribution is 2.12. The van der Waals surface area contributed by atoms with E-state index in [1.165, 1.54) is 44.1 Å². The van der Waals surface area contributed by atoms with Crippen LogP contribution in [0.25, 0.3) is 6.08 Å². The molecule has 1 rings (SSSR count). The summed E-state index contributed by atoms with van der Waals surface area (Å²) in [7, 11) is 4.35. The van der Waals surface area contributed by atoms with Crippen LogP contribution in [0, 0.1) is 0 Å². The van der Waals surface area contributed by atoms with Gasteiger partial charge in [0, 0.05) is 6.04 Å². The first kappa shape index (κ1) is 16.0. The van der Waals surface area contributed by atoms with Crippen LogP contribution in [-0.4, -0.2) is 25.0 Å². The van der Waals surface area contributed by atoms with E-state index < -0.39 is 0 Å². The van der Waals surface area contributed by atoms with Crippen molar-refractivity contribution >= 4 is 6.08 Å². The van der Waals surface area contributed by atoms with Gasteiger partial charge < -0.3 is 4.90 Å². The third kappa shape index (κ3) is 7.17. The normalized spacial score (nSPS) is 13.3. The Hall–Kier alpha value is -1.08. The van der Waals surface area contributed by atoms with Crippen molar-refractivity contribution in [2.75, 3.05) is 14.1 Å². The molecule has 0 saturated carbocycles. The van der Waals surface area contributed by atoms with Crippen molar-refractivity contribution in [3.63, 3.8) is 0 Å². The van der Waals surface area contributed by atoms with E-state index in [1.54, 1.807) is 0 Å². The average molecular weight is 259 g/mol. The second kappa shape index (κ2) is 9.80. The lowest BCUT2D eigenvalue weighted by Crippen LogP contribution is -2.25. The summed E-state index contributed by atoms with van der Waals surface area (Å²) < 4.78 is 0. The van der Waals surface area contributed by atoms with E-state index >= 15 is 0 Å². The molecule has 0 spiro atoms. The second-order valence-corrected chi connectivity index (χ2v) is 5.50. The van der Waals surface area contributed by atoms with Gasteiger partial charge in [-0.1, -0.05) is 81.5 Å². The minimum absolute atomic E-state index is 0.557. The fourth-order valence-electron chi connectivity index (χ4n) is 2.27. The van der Waals surface area contributed by atoms with Gasteiger partial charge >= 0.3 is 0 Å². The molecule has 0 fully saturated rings. The maximum atomic E-state index is 2.34. The Morgan fingerprint density at radius 3 is 2.32 bits per heavy atom. The number of likely N-dealkylation sites (N-methyl/N-ethyl adjacent to an activating group) is 1. The van der Waals surface area contributed by atoms with Crippen LogP contribution < -0.4 is 0 Å². The van der Waals surface area contributed by atoms with Gasteiger partial charge in [-0.05, 0) is 26.1 Å². The van der Waals surface area contributed by atoms with Gasteiger partial charge in [0.15, 0.2) is 0 Å². The first-order valence-corrected chi connectivity index (χ1v) is 7.63. The lowest BCUT2D eigenvalue weighted by molar-refractivity contribution is 0.320. The second-order valence-electron chi connectivity index (χ2n) is 5.50. The molecule has 0 amide bonds. The minimum atomic E-state index is 0.557. The number of rotatable bonds is 9. The summed E-state index contributed by atoms with van der Waals surface area (Å²) in [6.45, 7) is 2.27. The molecule has 106 valence electrons. The van der Waals surface area contributed by atoms with E-state index in [2.05, 4.69) is 68.4 Å². The zero-order valence-electron chi connectivity index (χ0n) is 12.8. The summed E-state index contributed by atoms with van der Waals surface area (Å²) >= 11 is 0. The average Bonchev–Trinajstić information content (AvgIpc) is 2.42. The Bertz CT molecular complexity index is 340. The predicted molar refractivity (Wildman–Crippen MR) is 86.3 cm³/mol. The highest BCUT2D eigenvalue weighted by atomic mass is 15.1. The molecule has 0 heterocycles. The molecule has 0 aliphatic rings. The van der Waals surface area contributed by atoms with Gasteiger partial charge in [-0.3, -0.25) is 0 Å². The molecule has 0 aliphatic heterocycles. The van der Waals surface area contributed by atoms with E-state index in [0.717, 1.165) is 0 Å². The number of hydrogen-bond acceptors (Lipinski definition) is 1. The third-order valence-electron chi connectivity index (χ3n) is 3.58. The Labute approximate surface area is 119 Å². The standard InChI is InChI=1S/C18H29N/c1-4-5-6-7-11-14-18(19(2)3)16-15-17-12-9-8-10-13-17/h8-10,12-13,15-16,18H,4-7,11,14H2,1-3H3.